The van der Waals surface area contributed by atoms with E-state index in [0.717, 1.165) is 11.1 Å². The second kappa shape index (κ2) is 6.81. The molecule has 1 heterocycles. The molecule has 0 N–H and O–H groups in total. The summed E-state index contributed by atoms with van der Waals surface area (Å²) in [5.41, 5.74) is 5.53. The van der Waals surface area contributed by atoms with Gasteiger partial charge in [-0.1, -0.05) is 24.3 Å². The zero-order chi connectivity index (χ0) is 18.2. The Kier molecular flexibility index (Phi) is 4.89. The van der Waals surface area contributed by atoms with Crippen molar-refractivity contribution < 1.29 is 8.42 Å². The number of anilines is 1. The molecule has 25 heavy (non-hydrogen) atoms. The minimum Gasteiger partial charge on any atom is -0.369 e. The molecule has 0 spiro atoms. The number of piperazine rings is 1. The van der Waals surface area contributed by atoms with Crippen LogP contribution in [0, 0.1) is 27.7 Å². The molecule has 134 valence electrons. The molecule has 0 aliphatic carbocycles. The van der Waals surface area contributed by atoms with Crippen LogP contribution in [-0.2, 0) is 10.0 Å². The van der Waals surface area contributed by atoms with Gasteiger partial charge < -0.3 is 4.90 Å². The zero-order valence-corrected chi connectivity index (χ0v) is 16.2. The van der Waals surface area contributed by atoms with Gasteiger partial charge in [-0.05, 0) is 62.1 Å². The highest BCUT2D eigenvalue weighted by molar-refractivity contribution is 7.89. The lowest BCUT2D eigenvalue weighted by molar-refractivity contribution is 0.384. The Hall–Kier alpha value is -1.85. The Balaban J connectivity index is 1.80. The predicted molar refractivity (Wildman–Crippen MR) is 103 cm³/mol. The molecule has 0 radical (unpaired) electrons. The molecule has 2 aromatic rings. The first-order valence-electron chi connectivity index (χ1n) is 8.69. The molecule has 1 saturated heterocycles. The van der Waals surface area contributed by atoms with Gasteiger partial charge in [-0.3, -0.25) is 0 Å². The van der Waals surface area contributed by atoms with Crippen LogP contribution in [0.25, 0.3) is 0 Å². The van der Waals surface area contributed by atoms with E-state index in [-0.39, 0.29) is 0 Å². The van der Waals surface area contributed by atoms with Crippen LogP contribution in [0.2, 0.25) is 0 Å². The first-order chi connectivity index (χ1) is 11.8. The average molecular weight is 359 g/mol. The van der Waals surface area contributed by atoms with Gasteiger partial charge in [0.15, 0.2) is 0 Å². The number of sulfonamides is 1. The van der Waals surface area contributed by atoms with E-state index in [1.807, 2.05) is 26.0 Å². The predicted octanol–water partition coefficient (Wildman–Crippen LogP) is 3.43. The van der Waals surface area contributed by atoms with Gasteiger partial charge in [0.1, 0.15) is 0 Å². The quantitative estimate of drug-likeness (QED) is 0.844. The molecule has 0 atom stereocenters. The minimum absolute atomic E-state index is 0.438. The molecule has 1 aliphatic rings. The first kappa shape index (κ1) is 18.0. The molecule has 2 aromatic carbocycles. The summed E-state index contributed by atoms with van der Waals surface area (Å²) < 4.78 is 27.7. The molecule has 0 aromatic heterocycles. The Morgan fingerprint density at radius 3 is 2.20 bits per heavy atom. The molecule has 1 fully saturated rings. The summed E-state index contributed by atoms with van der Waals surface area (Å²) in [6, 6.07) is 11.9. The second-order valence-electron chi connectivity index (χ2n) is 6.88. The van der Waals surface area contributed by atoms with E-state index in [1.165, 1.54) is 16.8 Å². The third-order valence-corrected chi connectivity index (χ3v) is 7.16. The molecular weight excluding hydrogens is 332 g/mol. The maximum Gasteiger partial charge on any atom is 0.243 e. The zero-order valence-electron chi connectivity index (χ0n) is 15.4. The largest absolute Gasteiger partial charge is 0.369 e. The smallest absolute Gasteiger partial charge is 0.243 e. The molecule has 0 unspecified atom stereocenters. The average Bonchev–Trinajstić information content (AvgIpc) is 2.59. The number of hydrogen-bond donors (Lipinski definition) is 0. The summed E-state index contributed by atoms with van der Waals surface area (Å²) in [7, 11) is -3.43. The number of hydrogen-bond acceptors (Lipinski definition) is 3. The van der Waals surface area contributed by atoms with Gasteiger partial charge in [0.05, 0.1) is 4.90 Å². The van der Waals surface area contributed by atoms with E-state index >= 15 is 0 Å². The van der Waals surface area contributed by atoms with Crippen molar-refractivity contribution in [2.75, 3.05) is 31.1 Å². The third-order valence-electron chi connectivity index (χ3n) is 5.12. The molecule has 0 bridgehead atoms. The van der Waals surface area contributed by atoms with Crippen molar-refractivity contribution in [2.45, 2.75) is 32.6 Å². The van der Waals surface area contributed by atoms with Crippen LogP contribution in [0.3, 0.4) is 0 Å². The van der Waals surface area contributed by atoms with E-state index < -0.39 is 10.0 Å². The lowest BCUT2D eigenvalue weighted by atomic mass is 10.1. The van der Waals surface area contributed by atoms with Gasteiger partial charge in [-0.2, -0.15) is 4.31 Å². The van der Waals surface area contributed by atoms with Gasteiger partial charge in [-0.15, -0.1) is 0 Å². The lowest BCUT2D eigenvalue weighted by Crippen LogP contribution is -2.49. The van der Waals surface area contributed by atoms with Crippen molar-refractivity contribution in [3.63, 3.8) is 0 Å². The Bertz CT molecular complexity index is 883. The molecular formula is C20H26N2O2S. The summed E-state index contributed by atoms with van der Waals surface area (Å²) >= 11 is 0. The molecule has 0 amide bonds. The van der Waals surface area contributed by atoms with Crippen molar-refractivity contribution in [1.82, 2.24) is 4.31 Å². The fraction of sp³-hybridized carbons (Fsp3) is 0.400. The van der Waals surface area contributed by atoms with Crippen LogP contribution < -0.4 is 4.90 Å². The lowest BCUT2D eigenvalue weighted by Gasteiger charge is -2.36. The van der Waals surface area contributed by atoms with Crippen molar-refractivity contribution >= 4 is 15.7 Å². The first-order valence-corrected chi connectivity index (χ1v) is 10.1. The van der Waals surface area contributed by atoms with Crippen molar-refractivity contribution in [3.8, 4) is 0 Å². The number of aryl methyl sites for hydroxylation is 3. The van der Waals surface area contributed by atoms with E-state index in [2.05, 4.69) is 36.9 Å². The maximum atomic E-state index is 13.0. The fourth-order valence-electron chi connectivity index (χ4n) is 3.37. The van der Waals surface area contributed by atoms with Crippen LogP contribution in [0.15, 0.2) is 41.3 Å². The molecule has 3 rings (SSSR count). The molecule has 0 saturated carbocycles. The van der Waals surface area contributed by atoms with Gasteiger partial charge in [0.2, 0.25) is 10.0 Å². The minimum atomic E-state index is -3.43. The van der Waals surface area contributed by atoms with Crippen molar-refractivity contribution in [3.05, 3.63) is 58.7 Å². The summed E-state index contributed by atoms with van der Waals surface area (Å²) in [5, 5.41) is 0. The third kappa shape index (κ3) is 3.44. The van der Waals surface area contributed by atoms with Gasteiger partial charge in [-0.25, -0.2) is 8.42 Å². The highest BCUT2D eigenvalue weighted by Gasteiger charge is 2.30. The standard InChI is InChI=1S/C20H26N2O2S/c1-15-8-9-17(3)20(14-15)25(23,24)22-12-10-21(11-13-22)19-7-5-6-16(2)18(19)4/h5-9,14H,10-13H2,1-4H3. The van der Waals surface area contributed by atoms with E-state index in [1.54, 1.807) is 10.4 Å². The van der Waals surface area contributed by atoms with Crippen molar-refractivity contribution in [1.29, 1.82) is 0 Å². The molecule has 1 aliphatic heterocycles. The maximum absolute atomic E-state index is 13.0. The van der Waals surface area contributed by atoms with Gasteiger partial charge in [0.25, 0.3) is 0 Å². The SMILES string of the molecule is Cc1ccc(C)c(S(=O)(=O)N2CCN(c3cccc(C)c3C)CC2)c1. The fourth-order valence-corrected chi connectivity index (χ4v) is 5.10. The summed E-state index contributed by atoms with van der Waals surface area (Å²) in [4.78, 5) is 2.73. The highest BCUT2D eigenvalue weighted by atomic mass is 32.2. The Morgan fingerprint density at radius 1 is 0.840 bits per heavy atom. The van der Waals surface area contributed by atoms with Crippen molar-refractivity contribution in [2.24, 2.45) is 0 Å². The topological polar surface area (TPSA) is 40.6 Å². The number of nitrogens with zero attached hydrogens (tertiary/aromatic N) is 2. The van der Waals surface area contributed by atoms with Crippen LogP contribution in [0.5, 0.6) is 0 Å². The number of rotatable bonds is 3. The van der Waals surface area contributed by atoms with E-state index in [9.17, 15) is 8.42 Å². The molecule has 5 heteroatoms. The van der Waals surface area contributed by atoms with Crippen LogP contribution in [0.1, 0.15) is 22.3 Å². The van der Waals surface area contributed by atoms with Crippen LogP contribution in [0.4, 0.5) is 5.69 Å². The van der Waals surface area contributed by atoms with Crippen LogP contribution >= 0.6 is 0 Å². The van der Waals surface area contributed by atoms with Gasteiger partial charge >= 0.3 is 0 Å². The van der Waals surface area contributed by atoms with E-state index in [0.29, 0.717) is 31.1 Å². The van der Waals surface area contributed by atoms with Gasteiger partial charge in [0, 0.05) is 31.9 Å². The Labute approximate surface area is 151 Å². The van der Waals surface area contributed by atoms with Crippen LogP contribution in [-0.4, -0.2) is 38.9 Å². The Morgan fingerprint density at radius 2 is 1.52 bits per heavy atom. The van der Waals surface area contributed by atoms with E-state index in [4.69, 9.17) is 0 Å². The number of benzene rings is 2. The summed E-state index contributed by atoms with van der Waals surface area (Å²) in [5.74, 6) is 0. The normalized spacial score (nSPS) is 16.2. The second-order valence-corrected chi connectivity index (χ2v) is 8.79. The monoisotopic (exact) mass is 358 g/mol. The molecule has 4 nitrogen and oxygen atoms in total. The summed E-state index contributed by atoms with van der Waals surface area (Å²) in [6.45, 7) is 10.5. The highest BCUT2D eigenvalue weighted by Crippen LogP contribution is 2.26. The summed E-state index contributed by atoms with van der Waals surface area (Å²) in [6.07, 6.45) is 0.